The third-order valence-electron chi connectivity index (χ3n) is 0.688. The highest BCUT2D eigenvalue weighted by Crippen LogP contribution is 1.53. The maximum absolute atomic E-state index is 9.86. The summed E-state index contributed by atoms with van der Waals surface area (Å²) in [6.45, 7) is 3.35. The summed E-state index contributed by atoms with van der Waals surface area (Å²) in [6.07, 6.45) is 1.91. The molecule has 1 heterocycles. The number of hydrogen-bond donors (Lipinski definition) is 0. The van der Waals surface area contributed by atoms with Gasteiger partial charge in [-0.1, -0.05) is 0 Å². The summed E-state index contributed by atoms with van der Waals surface area (Å²) in [5, 5.41) is 9.86. The third-order valence-corrected chi connectivity index (χ3v) is 0.688. The number of nitrogens with zero attached hydrogens (tertiary/aromatic N) is 1. The SMILES string of the molecule is C=c1nc/c(=C\[O-])o1. The van der Waals surface area contributed by atoms with Crippen LogP contribution in [0.5, 0.6) is 0 Å². The van der Waals surface area contributed by atoms with Crippen molar-refractivity contribution in [2.45, 2.75) is 0 Å². The molecule has 0 N–H and O–H groups in total. The third kappa shape index (κ3) is 0.703. The minimum atomic E-state index is 0.218. The van der Waals surface area contributed by atoms with Crippen LogP contribution >= 0.6 is 0 Å². The normalized spacial score (nSPS) is 12.2. The number of oxazole rings is 1. The molecular weight excluding hydrogens is 106 g/mol. The van der Waals surface area contributed by atoms with Crippen molar-refractivity contribution in [3.8, 4) is 0 Å². The molecule has 0 saturated heterocycles. The highest BCUT2D eigenvalue weighted by Gasteiger charge is 1.76. The van der Waals surface area contributed by atoms with Gasteiger partial charge in [-0.25, -0.2) is 4.98 Å². The van der Waals surface area contributed by atoms with Gasteiger partial charge in [-0.2, -0.15) is 0 Å². The summed E-state index contributed by atoms with van der Waals surface area (Å²) in [5.41, 5.74) is 0.488. The zero-order chi connectivity index (χ0) is 5.98. The van der Waals surface area contributed by atoms with Crippen LogP contribution in [-0.4, -0.2) is 4.98 Å². The second kappa shape index (κ2) is 1.69. The van der Waals surface area contributed by atoms with Crippen molar-refractivity contribution in [1.29, 1.82) is 0 Å². The minimum Gasteiger partial charge on any atom is -0.875 e. The van der Waals surface area contributed by atoms with Crippen LogP contribution in [0.25, 0.3) is 12.8 Å². The summed E-state index contributed by atoms with van der Waals surface area (Å²) in [4.78, 5) is 3.58. The van der Waals surface area contributed by atoms with Gasteiger partial charge in [0.25, 0.3) is 0 Å². The molecule has 0 fully saturated rings. The topological polar surface area (TPSA) is 49.1 Å². The Bertz CT molecular complexity index is 262. The molecule has 0 saturated carbocycles. The molecule has 0 aliphatic rings. The van der Waals surface area contributed by atoms with Crippen molar-refractivity contribution in [3.63, 3.8) is 0 Å². The molecule has 0 unspecified atom stereocenters. The Morgan fingerprint density at radius 1 is 1.88 bits per heavy atom. The van der Waals surface area contributed by atoms with Gasteiger partial charge in [0.1, 0.15) is 5.42 Å². The van der Waals surface area contributed by atoms with Crippen molar-refractivity contribution >= 4 is 12.8 Å². The van der Waals surface area contributed by atoms with E-state index in [1.165, 1.54) is 6.20 Å². The first-order chi connectivity index (χ1) is 3.83. The summed E-state index contributed by atoms with van der Waals surface area (Å²) in [5.74, 6) is 0. The lowest BCUT2D eigenvalue weighted by atomic mass is 10.8. The Balaban J connectivity index is 3.41. The van der Waals surface area contributed by atoms with Crippen molar-refractivity contribution < 1.29 is 9.52 Å². The maximum Gasteiger partial charge on any atom is 0.212 e. The lowest BCUT2D eigenvalue weighted by Crippen LogP contribution is -2.03. The average molecular weight is 110 g/mol. The molecule has 0 atom stereocenters. The van der Waals surface area contributed by atoms with Crippen LogP contribution < -0.4 is 16.1 Å². The van der Waals surface area contributed by atoms with E-state index in [0.29, 0.717) is 6.26 Å². The molecule has 0 radical (unpaired) electrons. The van der Waals surface area contributed by atoms with Gasteiger partial charge < -0.3 is 9.52 Å². The predicted octanol–water partition coefficient (Wildman–Crippen LogP) is -1.82. The molecule has 0 aliphatic heterocycles. The molecule has 0 amide bonds. The first-order valence-electron chi connectivity index (χ1n) is 2.06. The summed E-state index contributed by atoms with van der Waals surface area (Å²) in [6, 6.07) is 0. The van der Waals surface area contributed by atoms with E-state index in [2.05, 4.69) is 16.0 Å². The monoisotopic (exact) mass is 110 g/mol. The molecule has 42 valence electrons. The van der Waals surface area contributed by atoms with E-state index in [4.69, 9.17) is 0 Å². The second-order valence-electron chi connectivity index (χ2n) is 1.27. The van der Waals surface area contributed by atoms with E-state index in [1.807, 2.05) is 0 Å². The minimum absolute atomic E-state index is 0.218. The van der Waals surface area contributed by atoms with Crippen LogP contribution in [0.1, 0.15) is 0 Å². The van der Waals surface area contributed by atoms with Gasteiger partial charge in [-0.15, -0.1) is 6.26 Å². The second-order valence-corrected chi connectivity index (χ2v) is 1.27. The Labute approximate surface area is 45.6 Å². The van der Waals surface area contributed by atoms with E-state index < -0.39 is 0 Å². The van der Waals surface area contributed by atoms with E-state index in [-0.39, 0.29) is 11.0 Å². The molecule has 1 aromatic rings. The van der Waals surface area contributed by atoms with Crippen LogP contribution in [0, 0.1) is 0 Å². The number of hydrogen-bond acceptors (Lipinski definition) is 3. The zero-order valence-corrected chi connectivity index (χ0v) is 4.13. The quantitative estimate of drug-likeness (QED) is 0.395. The first kappa shape index (κ1) is 4.90. The van der Waals surface area contributed by atoms with Crippen LogP contribution in [-0.2, 0) is 0 Å². The van der Waals surface area contributed by atoms with Crippen molar-refractivity contribution in [3.05, 3.63) is 17.2 Å². The lowest BCUT2D eigenvalue weighted by molar-refractivity contribution is -0.230. The fourth-order valence-corrected chi connectivity index (χ4v) is 0.379. The summed E-state index contributed by atoms with van der Waals surface area (Å²) >= 11 is 0. The van der Waals surface area contributed by atoms with Gasteiger partial charge >= 0.3 is 0 Å². The van der Waals surface area contributed by atoms with Crippen molar-refractivity contribution in [1.82, 2.24) is 4.98 Å². The maximum atomic E-state index is 9.86. The van der Waals surface area contributed by atoms with E-state index in [9.17, 15) is 5.11 Å². The zero-order valence-electron chi connectivity index (χ0n) is 4.13. The average Bonchev–Trinajstić information content (AvgIpc) is 2.14. The highest BCUT2D eigenvalue weighted by molar-refractivity contribution is 4.99. The first-order valence-corrected chi connectivity index (χ1v) is 2.06. The Morgan fingerprint density at radius 2 is 2.62 bits per heavy atom. The molecule has 0 spiro atoms. The molecule has 0 aliphatic carbocycles. The Morgan fingerprint density at radius 3 is 2.88 bits per heavy atom. The molecule has 0 bridgehead atoms. The predicted molar refractivity (Wildman–Crippen MR) is 25.7 cm³/mol. The molecule has 0 aromatic carbocycles. The van der Waals surface area contributed by atoms with Gasteiger partial charge in [0.2, 0.25) is 5.55 Å². The molecular formula is C5H4NO2-. The summed E-state index contributed by atoms with van der Waals surface area (Å²) in [7, 11) is 0. The Kier molecular flexibility index (Phi) is 1.04. The smallest absolute Gasteiger partial charge is 0.212 e. The molecule has 1 aromatic heterocycles. The highest BCUT2D eigenvalue weighted by atomic mass is 16.3. The standard InChI is InChI=1S/C5H5NO2/c1-4-6-2-5(3-7)8-4/h2-3,7H,1H2/p-1/b5-3+. The molecule has 8 heavy (non-hydrogen) atoms. The van der Waals surface area contributed by atoms with Crippen molar-refractivity contribution in [2.24, 2.45) is 0 Å². The van der Waals surface area contributed by atoms with Crippen molar-refractivity contribution in [2.75, 3.05) is 0 Å². The van der Waals surface area contributed by atoms with Crippen LogP contribution in [0.2, 0.25) is 0 Å². The molecule has 1 rings (SSSR count). The van der Waals surface area contributed by atoms with E-state index >= 15 is 0 Å². The largest absolute Gasteiger partial charge is 0.875 e. The molecule has 3 nitrogen and oxygen atoms in total. The Hall–Kier alpha value is -1.25. The van der Waals surface area contributed by atoms with Gasteiger partial charge in [0, 0.05) is 0 Å². The summed E-state index contributed by atoms with van der Waals surface area (Å²) < 4.78 is 4.64. The number of rotatable bonds is 0. The molecule has 3 heteroatoms. The van der Waals surface area contributed by atoms with E-state index in [0.717, 1.165) is 0 Å². The van der Waals surface area contributed by atoms with Gasteiger partial charge in [0.15, 0.2) is 0 Å². The van der Waals surface area contributed by atoms with Crippen LogP contribution in [0.4, 0.5) is 0 Å². The van der Waals surface area contributed by atoms with Gasteiger partial charge in [-0.3, -0.25) is 0 Å². The van der Waals surface area contributed by atoms with Crippen LogP contribution in [0.15, 0.2) is 10.6 Å². The van der Waals surface area contributed by atoms with Gasteiger partial charge in [-0.05, 0) is 6.58 Å². The fraction of sp³-hybridized carbons (Fsp3) is 0. The van der Waals surface area contributed by atoms with Gasteiger partial charge in [0.05, 0.1) is 6.20 Å². The lowest BCUT2D eigenvalue weighted by Gasteiger charge is -1.78. The fourth-order valence-electron chi connectivity index (χ4n) is 0.379. The van der Waals surface area contributed by atoms with E-state index in [1.54, 1.807) is 0 Å². The number of aromatic nitrogens is 1. The van der Waals surface area contributed by atoms with Crippen LogP contribution in [0.3, 0.4) is 0 Å².